The van der Waals surface area contributed by atoms with Crippen LogP contribution in [0, 0.1) is 6.92 Å². The lowest BCUT2D eigenvalue weighted by molar-refractivity contribution is -0.00255. The van der Waals surface area contributed by atoms with Crippen LogP contribution < -0.4 is 4.74 Å². The van der Waals surface area contributed by atoms with Gasteiger partial charge in [-0.15, -0.1) is 0 Å². The van der Waals surface area contributed by atoms with Gasteiger partial charge in [0.05, 0.1) is 24.7 Å². The first-order valence-corrected chi connectivity index (χ1v) is 9.75. The van der Waals surface area contributed by atoms with Crippen LogP contribution in [0.15, 0.2) is 47.4 Å². The number of benzene rings is 2. The van der Waals surface area contributed by atoms with Crippen molar-refractivity contribution in [2.75, 3.05) is 26.8 Å². The minimum absolute atomic E-state index is 0.258. The summed E-state index contributed by atoms with van der Waals surface area (Å²) in [6, 6.07) is 12.2. The fraction of sp³-hybridized carbons (Fsp3) is 0.333. The molecule has 0 bridgehead atoms. The Balaban J connectivity index is 1.86. The Labute approximate surface area is 153 Å². The van der Waals surface area contributed by atoms with Gasteiger partial charge >= 0.3 is 0 Å². The number of ether oxygens (including phenoxy) is 2. The van der Waals surface area contributed by atoms with Gasteiger partial charge in [0.25, 0.3) is 0 Å². The Morgan fingerprint density at radius 3 is 2.72 bits per heavy atom. The fourth-order valence-corrected chi connectivity index (χ4v) is 4.62. The SMILES string of the molecule is COc1ccc(S(=O)(=O)N2CCOC(c3cccc(Cl)c3)C2)cc1C. The first-order valence-electron chi connectivity index (χ1n) is 7.93. The number of hydrogen-bond acceptors (Lipinski definition) is 4. The summed E-state index contributed by atoms with van der Waals surface area (Å²) >= 11 is 6.03. The maximum atomic E-state index is 13.0. The highest BCUT2D eigenvalue weighted by Crippen LogP contribution is 2.29. The molecule has 0 saturated carbocycles. The van der Waals surface area contributed by atoms with Crippen LogP contribution in [0.3, 0.4) is 0 Å². The molecular formula is C18H20ClNO4S. The van der Waals surface area contributed by atoms with E-state index >= 15 is 0 Å². The van der Waals surface area contributed by atoms with Gasteiger partial charge in [-0.05, 0) is 48.4 Å². The second-order valence-corrected chi connectivity index (χ2v) is 8.28. The summed E-state index contributed by atoms with van der Waals surface area (Å²) < 4.78 is 38.4. The average molecular weight is 382 g/mol. The van der Waals surface area contributed by atoms with Crippen molar-refractivity contribution >= 4 is 21.6 Å². The number of aryl methyl sites for hydroxylation is 1. The Morgan fingerprint density at radius 1 is 1.24 bits per heavy atom. The molecule has 0 amide bonds. The molecule has 2 aromatic carbocycles. The highest BCUT2D eigenvalue weighted by atomic mass is 35.5. The van der Waals surface area contributed by atoms with Crippen LogP contribution in [0.4, 0.5) is 0 Å². The van der Waals surface area contributed by atoms with Crippen LogP contribution in [-0.4, -0.2) is 39.5 Å². The van der Waals surface area contributed by atoms with Crippen LogP contribution in [0.2, 0.25) is 5.02 Å². The van der Waals surface area contributed by atoms with E-state index in [1.165, 1.54) is 4.31 Å². The number of rotatable bonds is 4. The topological polar surface area (TPSA) is 55.8 Å². The predicted molar refractivity (Wildman–Crippen MR) is 96.6 cm³/mol. The van der Waals surface area contributed by atoms with Crippen LogP contribution in [-0.2, 0) is 14.8 Å². The van der Waals surface area contributed by atoms with Crippen LogP contribution >= 0.6 is 11.6 Å². The highest BCUT2D eigenvalue weighted by molar-refractivity contribution is 7.89. The molecule has 134 valence electrons. The van der Waals surface area contributed by atoms with E-state index < -0.39 is 10.0 Å². The molecule has 0 radical (unpaired) electrons. The van der Waals surface area contributed by atoms with Crippen molar-refractivity contribution < 1.29 is 17.9 Å². The van der Waals surface area contributed by atoms with Crippen molar-refractivity contribution in [1.29, 1.82) is 0 Å². The summed E-state index contributed by atoms with van der Waals surface area (Å²) in [7, 11) is -2.03. The van der Waals surface area contributed by atoms with Crippen LogP contribution in [0.1, 0.15) is 17.2 Å². The van der Waals surface area contributed by atoms with Crippen molar-refractivity contribution in [3.8, 4) is 5.75 Å². The molecule has 2 aromatic rings. The Bertz CT molecular complexity index is 869. The molecule has 1 atom stereocenters. The molecule has 3 rings (SSSR count). The first kappa shape index (κ1) is 18.2. The van der Waals surface area contributed by atoms with E-state index in [0.717, 1.165) is 11.1 Å². The maximum Gasteiger partial charge on any atom is 0.243 e. The average Bonchev–Trinajstić information content (AvgIpc) is 2.61. The van der Waals surface area contributed by atoms with Gasteiger partial charge < -0.3 is 9.47 Å². The molecule has 1 fully saturated rings. The minimum Gasteiger partial charge on any atom is -0.496 e. The van der Waals surface area contributed by atoms with Gasteiger partial charge in [0, 0.05) is 18.1 Å². The van der Waals surface area contributed by atoms with Crippen molar-refractivity contribution in [3.63, 3.8) is 0 Å². The molecule has 1 heterocycles. The fourth-order valence-electron chi connectivity index (χ4n) is 2.91. The molecule has 1 aliphatic rings. The molecule has 25 heavy (non-hydrogen) atoms. The predicted octanol–water partition coefficient (Wildman–Crippen LogP) is 3.42. The lowest BCUT2D eigenvalue weighted by Crippen LogP contribution is -2.42. The number of nitrogens with zero attached hydrogens (tertiary/aromatic N) is 1. The minimum atomic E-state index is -3.60. The summed E-state index contributed by atoms with van der Waals surface area (Å²) in [5, 5.41) is 0.604. The number of halogens is 1. The van der Waals surface area contributed by atoms with Crippen molar-refractivity contribution in [2.45, 2.75) is 17.9 Å². The van der Waals surface area contributed by atoms with E-state index in [1.807, 2.05) is 19.1 Å². The monoisotopic (exact) mass is 381 g/mol. The molecule has 1 saturated heterocycles. The number of morpholine rings is 1. The Hall–Kier alpha value is -1.60. The molecule has 0 N–H and O–H groups in total. The van der Waals surface area contributed by atoms with Gasteiger partial charge in [-0.25, -0.2) is 8.42 Å². The quantitative estimate of drug-likeness (QED) is 0.814. The number of sulfonamides is 1. The Kier molecular flexibility index (Phi) is 5.34. The largest absolute Gasteiger partial charge is 0.496 e. The summed E-state index contributed by atoms with van der Waals surface area (Å²) in [4.78, 5) is 0.262. The van der Waals surface area contributed by atoms with E-state index in [0.29, 0.717) is 23.9 Å². The zero-order valence-corrected chi connectivity index (χ0v) is 15.7. The van der Waals surface area contributed by atoms with E-state index in [2.05, 4.69) is 0 Å². The van der Waals surface area contributed by atoms with Gasteiger partial charge in [-0.1, -0.05) is 23.7 Å². The second-order valence-electron chi connectivity index (χ2n) is 5.91. The van der Waals surface area contributed by atoms with E-state index in [4.69, 9.17) is 21.1 Å². The van der Waals surface area contributed by atoms with Crippen molar-refractivity contribution in [1.82, 2.24) is 4.31 Å². The van der Waals surface area contributed by atoms with Crippen LogP contribution in [0.25, 0.3) is 0 Å². The molecular weight excluding hydrogens is 362 g/mol. The Morgan fingerprint density at radius 2 is 2.04 bits per heavy atom. The molecule has 1 unspecified atom stereocenters. The van der Waals surface area contributed by atoms with Gasteiger partial charge in [-0.2, -0.15) is 4.31 Å². The number of methoxy groups -OCH3 is 1. The van der Waals surface area contributed by atoms with Gasteiger partial charge in [0.2, 0.25) is 10.0 Å². The van der Waals surface area contributed by atoms with Gasteiger partial charge in [0.1, 0.15) is 5.75 Å². The summed E-state index contributed by atoms with van der Waals surface area (Å²) in [6.07, 6.45) is -0.332. The van der Waals surface area contributed by atoms with E-state index in [1.54, 1.807) is 37.4 Å². The summed E-state index contributed by atoms with van der Waals surface area (Å²) in [6.45, 7) is 2.75. The molecule has 0 spiro atoms. The molecule has 0 aromatic heterocycles. The van der Waals surface area contributed by atoms with Crippen molar-refractivity contribution in [2.24, 2.45) is 0 Å². The van der Waals surface area contributed by atoms with E-state index in [9.17, 15) is 8.42 Å². The molecule has 1 aliphatic heterocycles. The van der Waals surface area contributed by atoms with Gasteiger partial charge in [0.15, 0.2) is 0 Å². The first-order chi connectivity index (χ1) is 11.9. The maximum absolute atomic E-state index is 13.0. The summed E-state index contributed by atoms with van der Waals surface area (Å²) in [5.41, 5.74) is 1.65. The normalized spacial score (nSPS) is 18.9. The second kappa shape index (κ2) is 7.33. The third-order valence-electron chi connectivity index (χ3n) is 4.25. The zero-order valence-electron chi connectivity index (χ0n) is 14.1. The third kappa shape index (κ3) is 3.82. The zero-order chi connectivity index (χ0) is 18.0. The lowest BCUT2D eigenvalue weighted by atomic mass is 10.1. The molecule has 7 heteroatoms. The molecule has 0 aliphatic carbocycles. The van der Waals surface area contributed by atoms with E-state index in [-0.39, 0.29) is 17.5 Å². The summed E-state index contributed by atoms with van der Waals surface area (Å²) in [5.74, 6) is 0.665. The smallest absolute Gasteiger partial charge is 0.243 e. The van der Waals surface area contributed by atoms with Gasteiger partial charge in [-0.3, -0.25) is 0 Å². The molecule has 5 nitrogen and oxygen atoms in total. The van der Waals surface area contributed by atoms with Crippen LogP contribution in [0.5, 0.6) is 5.75 Å². The third-order valence-corrected chi connectivity index (χ3v) is 6.35. The van der Waals surface area contributed by atoms with Crippen molar-refractivity contribution in [3.05, 3.63) is 58.6 Å². The standard InChI is InChI=1S/C18H20ClNO4S/c1-13-10-16(6-7-17(13)23-2)25(21,22)20-8-9-24-18(12-20)14-4-3-5-15(19)11-14/h3-7,10-11,18H,8-9,12H2,1-2H3. The lowest BCUT2D eigenvalue weighted by Gasteiger charge is -2.32. The highest BCUT2D eigenvalue weighted by Gasteiger charge is 2.31. The number of hydrogen-bond donors (Lipinski definition) is 0.